The highest BCUT2D eigenvalue weighted by atomic mass is 32.2. The van der Waals surface area contributed by atoms with Gasteiger partial charge in [-0.05, 0) is 30.5 Å². The number of thiocarbonyl (C=S) groups is 1. The molecule has 0 saturated heterocycles. The van der Waals surface area contributed by atoms with Crippen LogP contribution in [0, 0.1) is 0 Å². The minimum atomic E-state index is 0.389. The summed E-state index contributed by atoms with van der Waals surface area (Å²) in [4.78, 5) is 1.45. The Kier molecular flexibility index (Phi) is 4.87. The molecule has 20 heavy (non-hydrogen) atoms. The van der Waals surface area contributed by atoms with Crippen LogP contribution in [0.3, 0.4) is 0 Å². The Morgan fingerprint density at radius 1 is 1.25 bits per heavy atom. The molecule has 0 aliphatic heterocycles. The second-order valence-electron chi connectivity index (χ2n) is 4.10. The fourth-order valence-electron chi connectivity index (χ4n) is 1.92. The van der Waals surface area contributed by atoms with Gasteiger partial charge in [0.15, 0.2) is 0 Å². The van der Waals surface area contributed by atoms with Gasteiger partial charge >= 0.3 is 0 Å². The number of hydrogen-bond acceptors (Lipinski definition) is 4. The van der Waals surface area contributed by atoms with Crippen molar-refractivity contribution in [3.63, 3.8) is 0 Å². The molecule has 0 aromatic heterocycles. The van der Waals surface area contributed by atoms with Crippen molar-refractivity contribution in [3.8, 4) is 5.75 Å². The lowest BCUT2D eigenvalue weighted by molar-refractivity contribution is 0.415. The Bertz CT molecular complexity index is 629. The lowest BCUT2D eigenvalue weighted by Crippen LogP contribution is -2.13. The van der Waals surface area contributed by atoms with E-state index in [0.717, 1.165) is 27.6 Å². The van der Waals surface area contributed by atoms with E-state index in [-0.39, 0.29) is 0 Å². The van der Waals surface area contributed by atoms with Crippen LogP contribution in [0.4, 0.5) is 11.4 Å². The second kappa shape index (κ2) is 6.63. The van der Waals surface area contributed by atoms with Gasteiger partial charge in [-0.1, -0.05) is 24.4 Å². The summed E-state index contributed by atoms with van der Waals surface area (Å²) in [5.41, 5.74) is 8.56. The largest absolute Gasteiger partial charge is 0.497 e. The van der Waals surface area contributed by atoms with E-state index >= 15 is 0 Å². The zero-order valence-corrected chi connectivity index (χ0v) is 13.0. The molecule has 2 rings (SSSR count). The lowest BCUT2D eigenvalue weighted by Gasteiger charge is -2.14. The molecule has 0 heterocycles. The molecule has 0 radical (unpaired) electrons. The van der Waals surface area contributed by atoms with E-state index in [2.05, 4.69) is 5.32 Å². The average Bonchev–Trinajstić information content (AvgIpc) is 2.46. The second-order valence-corrected chi connectivity index (χ2v) is 5.39. The zero-order valence-electron chi connectivity index (χ0n) is 11.3. The third-order valence-corrected chi connectivity index (χ3v) is 3.83. The van der Waals surface area contributed by atoms with Gasteiger partial charge in [-0.2, -0.15) is 0 Å². The number of anilines is 2. The quantitative estimate of drug-likeness (QED) is 0.650. The minimum Gasteiger partial charge on any atom is -0.497 e. The topological polar surface area (TPSA) is 47.3 Å². The lowest BCUT2D eigenvalue weighted by atomic mass is 10.1. The summed E-state index contributed by atoms with van der Waals surface area (Å²) in [6.45, 7) is 0. The highest BCUT2D eigenvalue weighted by molar-refractivity contribution is 7.98. The first-order valence-electron chi connectivity index (χ1n) is 6.03. The molecule has 0 unspecified atom stereocenters. The fourth-order valence-corrected chi connectivity index (χ4v) is 2.84. The SMILES string of the molecule is COc1cccc(Nc2cccc(SC)c2C(N)=S)c1. The van der Waals surface area contributed by atoms with Crippen LogP contribution in [0.1, 0.15) is 5.56 Å². The Balaban J connectivity index is 2.40. The summed E-state index contributed by atoms with van der Waals surface area (Å²) in [5, 5.41) is 3.34. The maximum absolute atomic E-state index is 5.85. The van der Waals surface area contributed by atoms with Crippen LogP contribution in [0.25, 0.3) is 0 Å². The molecular weight excluding hydrogens is 288 g/mol. The summed E-state index contributed by atoms with van der Waals surface area (Å²) >= 11 is 6.79. The number of ether oxygens (including phenoxy) is 1. The molecule has 0 fully saturated rings. The van der Waals surface area contributed by atoms with Crippen LogP contribution in [-0.4, -0.2) is 18.4 Å². The first-order valence-corrected chi connectivity index (χ1v) is 7.67. The number of methoxy groups -OCH3 is 1. The van der Waals surface area contributed by atoms with Crippen LogP contribution in [0.5, 0.6) is 5.75 Å². The minimum absolute atomic E-state index is 0.389. The van der Waals surface area contributed by atoms with E-state index in [4.69, 9.17) is 22.7 Å². The maximum Gasteiger partial charge on any atom is 0.120 e. The molecule has 2 aromatic carbocycles. The van der Waals surface area contributed by atoms with Crippen molar-refractivity contribution in [2.45, 2.75) is 4.90 Å². The maximum atomic E-state index is 5.85. The molecule has 0 saturated carbocycles. The number of thioether (sulfide) groups is 1. The van der Waals surface area contributed by atoms with Gasteiger partial charge in [-0.25, -0.2) is 0 Å². The van der Waals surface area contributed by atoms with Gasteiger partial charge in [0, 0.05) is 27.9 Å². The summed E-state index contributed by atoms with van der Waals surface area (Å²) in [7, 11) is 1.65. The highest BCUT2D eigenvalue weighted by Crippen LogP contribution is 2.30. The van der Waals surface area contributed by atoms with Crippen LogP contribution < -0.4 is 15.8 Å². The van der Waals surface area contributed by atoms with E-state index in [1.54, 1.807) is 18.9 Å². The molecule has 0 bridgehead atoms. The average molecular weight is 304 g/mol. The Morgan fingerprint density at radius 3 is 2.65 bits per heavy atom. The molecule has 0 aliphatic carbocycles. The van der Waals surface area contributed by atoms with Gasteiger partial charge in [0.2, 0.25) is 0 Å². The number of nitrogens with one attached hydrogen (secondary N) is 1. The van der Waals surface area contributed by atoms with Crippen molar-refractivity contribution >= 4 is 40.3 Å². The Hall–Kier alpha value is -1.72. The van der Waals surface area contributed by atoms with Crippen LogP contribution in [-0.2, 0) is 0 Å². The van der Waals surface area contributed by atoms with Crippen LogP contribution >= 0.6 is 24.0 Å². The third kappa shape index (κ3) is 3.23. The van der Waals surface area contributed by atoms with E-state index in [0.29, 0.717) is 4.99 Å². The third-order valence-electron chi connectivity index (χ3n) is 2.84. The summed E-state index contributed by atoms with van der Waals surface area (Å²) in [6.07, 6.45) is 2.01. The zero-order chi connectivity index (χ0) is 14.5. The van der Waals surface area contributed by atoms with Gasteiger partial charge in [-0.3, -0.25) is 0 Å². The van der Waals surface area contributed by atoms with E-state index in [9.17, 15) is 0 Å². The normalized spacial score (nSPS) is 10.1. The summed E-state index contributed by atoms with van der Waals surface area (Å²) < 4.78 is 5.22. The molecule has 0 spiro atoms. The molecule has 2 aromatic rings. The summed E-state index contributed by atoms with van der Waals surface area (Å²) in [6, 6.07) is 13.7. The van der Waals surface area contributed by atoms with Crippen LogP contribution in [0.2, 0.25) is 0 Å². The number of rotatable bonds is 5. The molecule has 3 N–H and O–H groups in total. The number of nitrogens with two attached hydrogens (primary N) is 1. The number of hydrogen-bond donors (Lipinski definition) is 2. The molecule has 0 amide bonds. The van der Waals surface area contributed by atoms with Crippen molar-refractivity contribution < 1.29 is 4.74 Å². The highest BCUT2D eigenvalue weighted by Gasteiger charge is 2.10. The predicted octanol–water partition coefficient (Wildman–Crippen LogP) is 3.79. The molecular formula is C15H16N2OS2. The van der Waals surface area contributed by atoms with Crippen molar-refractivity contribution in [3.05, 3.63) is 48.0 Å². The van der Waals surface area contributed by atoms with E-state index < -0.39 is 0 Å². The number of benzene rings is 2. The van der Waals surface area contributed by atoms with Gasteiger partial charge in [0.1, 0.15) is 10.7 Å². The van der Waals surface area contributed by atoms with Gasteiger partial charge in [-0.15, -0.1) is 11.8 Å². The monoisotopic (exact) mass is 304 g/mol. The predicted molar refractivity (Wildman–Crippen MR) is 90.4 cm³/mol. The standard InChI is InChI=1S/C15H16N2OS2/c1-18-11-6-3-5-10(9-11)17-12-7-4-8-13(20-2)14(12)15(16)19/h3-9,17H,1-2H3,(H2,16,19). The first kappa shape index (κ1) is 14.7. The van der Waals surface area contributed by atoms with Crippen molar-refractivity contribution in [2.75, 3.05) is 18.7 Å². The molecule has 0 atom stereocenters. The van der Waals surface area contributed by atoms with Crippen molar-refractivity contribution in [2.24, 2.45) is 5.73 Å². The Morgan fingerprint density at radius 2 is 2.00 bits per heavy atom. The van der Waals surface area contributed by atoms with Gasteiger partial charge in [0.05, 0.1) is 7.11 Å². The van der Waals surface area contributed by atoms with Crippen LogP contribution in [0.15, 0.2) is 47.4 Å². The van der Waals surface area contributed by atoms with E-state index in [1.165, 1.54) is 0 Å². The molecule has 5 heteroatoms. The van der Waals surface area contributed by atoms with Crippen molar-refractivity contribution in [1.82, 2.24) is 0 Å². The summed E-state index contributed by atoms with van der Waals surface area (Å²) in [5.74, 6) is 0.799. The fraction of sp³-hybridized carbons (Fsp3) is 0.133. The van der Waals surface area contributed by atoms with Gasteiger partial charge in [0.25, 0.3) is 0 Å². The smallest absolute Gasteiger partial charge is 0.120 e. The Labute approximate surface area is 128 Å². The molecule has 0 aliphatic rings. The molecule has 3 nitrogen and oxygen atoms in total. The van der Waals surface area contributed by atoms with Crippen molar-refractivity contribution in [1.29, 1.82) is 0 Å². The van der Waals surface area contributed by atoms with E-state index in [1.807, 2.05) is 48.7 Å². The molecule has 104 valence electrons. The van der Waals surface area contributed by atoms with Gasteiger partial charge < -0.3 is 15.8 Å². The first-order chi connectivity index (χ1) is 9.65.